The molecule has 0 spiro atoms. The van der Waals surface area contributed by atoms with Gasteiger partial charge in [-0.3, -0.25) is 0 Å². The molecular weight excluding hydrogens is 404 g/mol. The van der Waals surface area contributed by atoms with Crippen molar-refractivity contribution in [3.05, 3.63) is 59.0 Å². The first-order chi connectivity index (χ1) is 14.2. The average molecular weight is 448 g/mol. The minimum Gasteiger partial charge on any atom is -0.0656 e. The molecule has 0 nitrogen and oxygen atoms in total. The Kier molecular flexibility index (Phi) is 6.67. The number of hydrogen-bond acceptors (Lipinski definition) is 0. The molecule has 0 saturated heterocycles. The molecule has 0 heterocycles. The van der Waals surface area contributed by atoms with E-state index >= 15 is 0 Å². The lowest BCUT2D eigenvalue weighted by molar-refractivity contribution is 0.592. The Morgan fingerprint density at radius 3 is 1.87 bits per heavy atom. The molecular formula is C29H43Si2. The number of allylic oxidation sites excluding steroid dienone is 1. The SMILES string of the molecule is CCCCC1=Cc2c(ccc(C(C)(C)C)c2-c2cc([Si](C)(C)C)cc([Si](C)(C)C)c2)[CH]1. The van der Waals surface area contributed by atoms with Crippen LogP contribution in [0.1, 0.15) is 63.6 Å². The monoisotopic (exact) mass is 447 g/mol. The van der Waals surface area contributed by atoms with Crippen molar-refractivity contribution in [3.63, 3.8) is 0 Å². The molecule has 1 radical (unpaired) electrons. The fourth-order valence-electron chi connectivity index (χ4n) is 4.44. The van der Waals surface area contributed by atoms with Gasteiger partial charge in [0.1, 0.15) is 0 Å². The number of benzene rings is 2. The van der Waals surface area contributed by atoms with E-state index in [0.717, 1.165) is 0 Å². The van der Waals surface area contributed by atoms with Gasteiger partial charge in [-0.25, -0.2) is 0 Å². The normalized spacial score (nSPS) is 14.6. The molecule has 1 aliphatic rings. The summed E-state index contributed by atoms with van der Waals surface area (Å²) in [7, 11) is -2.86. The minimum absolute atomic E-state index is 0.110. The maximum Gasteiger partial charge on any atom is 0.0776 e. The molecule has 0 N–H and O–H groups in total. The highest BCUT2D eigenvalue weighted by Crippen LogP contribution is 2.42. The molecule has 167 valence electrons. The Balaban J connectivity index is 2.32. The van der Waals surface area contributed by atoms with Gasteiger partial charge in [-0.1, -0.05) is 126 Å². The molecule has 1 aliphatic carbocycles. The fraction of sp³-hybridized carbons (Fsp3) is 0.483. The van der Waals surface area contributed by atoms with Crippen LogP contribution in [0.4, 0.5) is 0 Å². The van der Waals surface area contributed by atoms with Crippen molar-refractivity contribution in [1.82, 2.24) is 0 Å². The zero-order valence-corrected chi connectivity index (χ0v) is 23.7. The highest BCUT2D eigenvalue weighted by molar-refractivity contribution is 6.91. The van der Waals surface area contributed by atoms with Gasteiger partial charge in [0.25, 0.3) is 0 Å². The average Bonchev–Trinajstić information content (AvgIpc) is 3.06. The van der Waals surface area contributed by atoms with Gasteiger partial charge in [0.05, 0.1) is 16.1 Å². The summed E-state index contributed by atoms with van der Waals surface area (Å²) in [6.07, 6.45) is 8.63. The van der Waals surface area contributed by atoms with E-state index in [1.165, 1.54) is 52.7 Å². The number of hydrogen-bond donors (Lipinski definition) is 0. The summed E-state index contributed by atoms with van der Waals surface area (Å²) in [4.78, 5) is 0. The molecule has 0 unspecified atom stereocenters. The van der Waals surface area contributed by atoms with Gasteiger partial charge in [-0.05, 0) is 46.1 Å². The minimum atomic E-state index is -1.43. The molecule has 0 atom stereocenters. The van der Waals surface area contributed by atoms with Crippen LogP contribution >= 0.6 is 0 Å². The molecule has 0 amide bonds. The number of fused-ring (bicyclic) bond motifs is 1. The van der Waals surface area contributed by atoms with Crippen LogP contribution in [0.3, 0.4) is 0 Å². The first kappa shape index (κ1) is 24.3. The first-order valence-electron chi connectivity index (χ1n) is 12.1. The van der Waals surface area contributed by atoms with Crippen molar-refractivity contribution in [2.45, 2.75) is 91.7 Å². The molecule has 3 rings (SSSR count). The van der Waals surface area contributed by atoms with Gasteiger partial charge < -0.3 is 0 Å². The van der Waals surface area contributed by atoms with Gasteiger partial charge in [0.15, 0.2) is 0 Å². The quantitative estimate of drug-likeness (QED) is 0.395. The Morgan fingerprint density at radius 1 is 0.806 bits per heavy atom. The fourth-order valence-corrected chi connectivity index (χ4v) is 6.94. The van der Waals surface area contributed by atoms with E-state index in [2.05, 4.69) is 110 Å². The Labute approximate surface area is 194 Å². The van der Waals surface area contributed by atoms with Crippen LogP contribution in [0.5, 0.6) is 0 Å². The summed E-state index contributed by atoms with van der Waals surface area (Å²) < 4.78 is 0. The molecule has 0 saturated carbocycles. The van der Waals surface area contributed by atoms with E-state index < -0.39 is 16.1 Å². The lowest BCUT2D eigenvalue weighted by Gasteiger charge is -2.28. The van der Waals surface area contributed by atoms with Crippen molar-refractivity contribution in [1.29, 1.82) is 0 Å². The van der Waals surface area contributed by atoms with Crippen molar-refractivity contribution >= 4 is 32.6 Å². The molecule has 0 aliphatic heterocycles. The molecule has 2 aromatic carbocycles. The summed E-state index contributed by atoms with van der Waals surface area (Å²) in [6, 6.07) is 12.4. The third-order valence-corrected chi connectivity index (χ3v) is 10.6. The van der Waals surface area contributed by atoms with Crippen LogP contribution in [-0.2, 0) is 5.41 Å². The summed E-state index contributed by atoms with van der Waals surface area (Å²) in [5.41, 5.74) is 8.86. The summed E-state index contributed by atoms with van der Waals surface area (Å²) in [5, 5.41) is 3.19. The second-order valence-electron chi connectivity index (χ2n) is 12.5. The highest BCUT2D eigenvalue weighted by atomic mass is 28.3. The highest BCUT2D eigenvalue weighted by Gasteiger charge is 2.28. The maximum atomic E-state index is 2.55. The third kappa shape index (κ3) is 5.34. The second kappa shape index (κ2) is 8.52. The van der Waals surface area contributed by atoms with E-state index in [1.54, 1.807) is 10.4 Å². The van der Waals surface area contributed by atoms with Crippen LogP contribution in [0, 0.1) is 6.42 Å². The zero-order valence-electron chi connectivity index (χ0n) is 21.7. The predicted octanol–water partition coefficient (Wildman–Crippen LogP) is 7.88. The Bertz CT molecular complexity index is 957. The number of unbranched alkanes of at least 4 members (excludes halogenated alkanes) is 1. The Hall–Kier alpha value is -1.39. The smallest absolute Gasteiger partial charge is 0.0656 e. The Morgan fingerprint density at radius 2 is 1.39 bits per heavy atom. The van der Waals surface area contributed by atoms with Gasteiger partial charge in [-0.2, -0.15) is 0 Å². The van der Waals surface area contributed by atoms with Gasteiger partial charge in [-0.15, -0.1) is 0 Å². The molecule has 2 heteroatoms. The summed E-state index contributed by atoms with van der Waals surface area (Å²) in [5.74, 6) is 0. The van der Waals surface area contributed by atoms with Crippen molar-refractivity contribution in [2.75, 3.05) is 0 Å². The largest absolute Gasteiger partial charge is 0.0776 e. The first-order valence-corrected chi connectivity index (χ1v) is 19.1. The van der Waals surface area contributed by atoms with E-state index in [9.17, 15) is 0 Å². The van der Waals surface area contributed by atoms with Crippen LogP contribution < -0.4 is 10.4 Å². The summed E-state index contributed by atoms with van der Waals surface area (Å²) >= 11 is 0. The standard InChI is InChI=1S/C29H43Si2/c1-11-12-13-21-16-22-14-15-27(29(2,3)4)28(26(22)17-21)23-18-24(30(5,6)7)20-25(19-23)31(8,9)10/h14-20H,11-13H2,1-10H3. The topological polar surface area (TPSA) is 0 Å². The maximum absolute atomic E-state index is 2.55. The van der Waals surface area contributed by atoms with Crippen molar-refractivity contribution in [3.8, 4) is 11.1 Å². The summed E-state index contributed by atoms with van der Waals surface area (Å²) in [6.45, 7) is 24.3. The molecule has 2 aromatic rings. The second-order valence-corrected chi connectivity index (χ2v) is 22.7. The van der Waals surface area contributed by atoms with Gasteiger partial charge in [0.2, 0.25) is 0 Å². The molecule has 0 bridgehead atoms. The van der Waals surface area contributed by atoms with E-state index in [0.29, 0.717) is 0 Å². The van der Waals surface area contributed by atoms with E-state index in [1.807, 2.05) is 0 Å². The third-order valence-electron chi connectivity index (χ3n) is 6.53. The van der Waals surface area contributed by atoms with Gasteiger partial charge >= 0.3 is 0 Å². The van der Waals surface area contributed by atoms with Crippen LogP contribution in [0.25, 0.3) is 17.2 Å². The molecule has 0 aromatic heterocycles. The van der Waals surface area contributed by atoms with Crippen LogP contribution in [-0.4, -0.2) is 16.1 Å². The van der Waals surface area contributed by atoms with Gasteiger partial charge in [0, 0.05) is 6.42 Å². The van der Waals surface area contributed by atoms with Crippen LogP contribution in [0.2, 0.25) is 39.3 Å². The van der Waals surface area contributed by atoms with Crippen molar-refractivity contribution in [2.24, 2.45) is 0 Å². The van der Waals surface area contributed by atoms with E-state index in [4.69, 9.17) is 0 Å². The lowest BCUT2D eigenvalue weighted by Crippen LogP contribution is -2.45. The predicted molar refractivity (Wildman–Crippen MR) is 147 cm³/mol. The van der Waals surface area contributed by atoms with E-state index in [-0.39, 0.29) is 5.41 Å². The van der Waals surface area contributed by atoms with Crippen LogP contribution in [0.15, 0.2) is 35.9 Å². The lowest BCUT2D eigenvalue weighted by atomic mass is 9.79. The molecule has 0 fully saturated rings. The zero-order chi connectivity index (χ0) is 23.2. The van der Waals surface area contributed by atoms with Crippen molar-refractivity contribution < 1.29 is 0 Å². The number of rotatable bonds is 6. The molecule has 31 heavy (non-hydrogen) atoms.